The van der Waals surface area contributed by atoms with Crippen LogP contribution in [0.1, 0.15) is 73.4 Å². The van der Waals surface area contributed by atoms with E-state index in [1.807, 2.05) is 6.92 Å². The van der Waals surface area contributed by atoms with Crippen molar-refractivity contribution in [1.29, 1.82) is 0 Å². The number of halogens is 2. The molecule has 2 N–H and O–H groups in total. The quantitative estimate of drug-likeness (QED) is 0.392. The minimum atomic E-state index is -1.94. The highest BCUT2D eigenvalue weighted by molar-refractivity contribution is 6.32. The summed E-state index contributed by atoms with van der Waals surface area (Å²) in [6.07, 6.45) is 2.10. The van der Waals surface area contributed by atoms with Crippen molar-refractivity contribution in [3.8, 4) is 11.4 Å². The lowest BCUT2D eigenvalue weighted by molar-refractivity contribution is -0.172. The summed E-state index contributed by atoms with van der Waals surface area (Å²) in [6.45, 7) is 3.52. The maximum Gasteiger partial charge on any atom is 0.343 e. The van der Waals surface area contributed by atoms with E-state index in [1.165, 1.54) is 10.6 Å². The average molecular weight is 526 g/mol. The van der Waals surface area contributed by atoms with E-state index in [9.17, 15) is 23.9 Å². The molecule has 37 heavy (non-hydrogen) atoms. The van der Waals surface area contributed by atoms with Crippen LogP contribution >= 0.6 is 11.6 Å². The Kier molecular flexibility index (Phi) is 5.44. The molecule has 1 aliphatic carbocycles. The summed E-state index contributed by atoms with van der Waals surface area (Å²) in [7, 11) is 0. The van der Waals surface area contributed by atoms with Gasteiger partial charge in [0.2, 0.25) is 5.91 Å². The van der Waals surface area contributed by atoms with Gasteiger partial charge >= 0.3 is 5.97 Å². The largest absolute Gasteiger partial charge is 0.458 e. The number of nitrogens with zero attached hydrogens (tertiary/aromatic N) is 2. The number of hydrogen-bond acceptors (Lipinski definition) is 6. The van der Waals surface area contributed by atoms with Gasteiger partial charge in [0.25, 0.3) is 5.56 Å². The molecule has 8 nitrogen and oxygen atoms in total. The summed E-state index contributed by atoms with van der Waals surface area (Å²) in [4.78, 5) is 43.4. The van der Waals surface area contributed by atoms with Crippen LogP contribution < -0.4 is 10.9 Å². The zero-order valence-electron chi connectivity index (χ0n) is 20.4. The molecule has 0 saturated carbocycles. The summed E-state index contributed by atoms with van der Waals surface area (Å²) in [5.74, 6) is -1.47. The Labute approximate surface area is 216 Å². The Bertz CT molecular complexity index is 1600. The van der Waals surface area contributed by atoms with Crippen molar-refractivity contribution in [2.75, 3.05) is 0 Å². The molecular formula is C27H25ClFN3O5. The van der Waals surface area contributed by atoms with Crippen molar-refractivity contribution in [2.24, 2.45) is 0 Å². The number of nitrogens with one attached hydrogen (secondary N) is 1. The van der Waals surface area contributed by atoms with Crippen LogP contribution in [0.25, 0.3) is 22.3 Å². The highest BCUT2D eigenvalue weighted by Gasteiger charge is 2.46. The van der Waals surface area contributed by atoms with E-state index in [2.05, 4.69) is 5.32 Å². The number of amides is 1. The molecule has 0 spiro atoms. The van der Waals surface area contributed by atoms with Crippen LogP contribution in [0.15, 0.2) is 16.9 Å². The predicted octanol–water partition coefficient (Wildman–Crippen LogP) is 3.78. The van der Waals surface area contributed by atoms with Gasteiger partial charge in [-0.25, -0.2) is 14.2 Å². The number of aliphatic hydroxyl groups is 1. The van der Waals surface area contributed by atoms with Crippen LogP contribution in [0.4, 0.5) is 4.39 Å². The molecule has 10 heteroatoms. The number of carbonyl (C=O) groups is 2. The third kappa shape index (κ3) is 3.30. The van der Waals surface area contributed by atoms with Crippen molar-refractivity contribution in [3.05, 3.63) is 61.1 Å². The van der Waals surface area contributed by atoms with E-state index in [-0.39, 0.29) is 53.2 Å². The molecule has 0 unspecified atom stereocenters. The number of hydrogen-bond donors (Lipinski definition) is 2. The van der Waals surface area contributed by atoms with E-state index in [0.717, 1.165) is 11.1 Å². The van der Waals surface area contributed by atoms with Gasteiger partial charge in [-0.1, -0.05) is 25.4 Å². The molecule has 0 radical (unpaired) electrons. The van der Waals surface area contributed by atoms with Gasteiger partial charge in [0.1, 0.15) is 12.4 Å². The smallest absolute Gasteiger partial charge is 0.343 e. The monoisotopic (exact) mass is 525 g/mol. The third-order valence-electron chi connectivity index (χ3n) is 7.85. The molecule has 2 aliphatic heterocycles. The van der Waals surface area contributed by atoms with Gasteiger partial charge in [0.15, 0.2) is 5.60 Å². The first kappa shape index (κ1) is 24.1. The Balaban J connectivity index is 1.63. The van der Waals surface area contributed by atoms with E-state index in [1.54, 1.807) is 13.0 Å². The second kappa shape index (κ2) is 8.36. The first-order valence-corrected chi connectivity index (χ1v) is 12.9. The number of aryl methyl sites for hydroxylation is 1. The number of benzene rings is 1. The molecule has 0 bridgehead atoms. The van der Waals surface area contributed by atoms with Crippen LogP contribution in [0.2, 0.25) is 5.02 Å². The fourth-order valence-corrected chi connectivity index (χ4v) is 6.24. The Morgan fingerprint density at radius 3 is 2.81 bits per heavy atom. The van der Waals surface area contributed by atoms with Gasteiger partial charge in [-0.15, -0.1) is 0 Å². The maximum atomic E-state index is 14.8. The van der Waals surface area contributed by atoms with Crippen molar-refractivity contribution in [2.45, 2.75) is 70.7 Å². The van der Waals surface area contributed by atoms with Crippen LogP contribution in [0.5, 0.6) is 0 Å². The number of aromatic nitrogens is 2. The third-order valence-corrected chi connectivity index (χ3v) is 8.26. The molecule has 3 aromatic rings. The topological polar surface area (TPSA) is 111 Å². The number of ether oxygens (including phenoxy) is 1. The van der Waals surface area contributed by atoms with Gasteiger partial charge in [-0.3, -0.25) is 9.59 Å². The Hall–Kier alpha value is -3.30. The normalized spacial score (nSPS) is 21.3. The summed E-state index contributed by atoms with van der Waals surface area (Å²) in [5, 5.41) is 15.0. The lowest BCUT2D eigenvalue weighted by Crippen LogP contribution is -2.44. The number of carbonyl (C=O) groups excluding carboxylic acids is 2. The standard InChI is InChI=1S/C27H25ClFN3O5/c1-3-5-20(33)30-17-7-6-12-21-18(9-16(29)23(12)28)31-24-13(22(17)21)10-32-19(24)8-15-14(25(32)34)11-37-26(35)27(15,36)4-2/h8-9,17,36H,3-7,10-11H2,1-2H3,(H,30,33)/t17-,27-/m0/s1. The lowest BCUT2D eigenvalue weighted by Gasteiger charge is -2.31. The van der Waals surface area contributed by atoms with Crippen molar-refractivity contribution >= 4 is 34.4 Å². The molecule has 192 valence electrons. The number of fused-ring (bicyclic) bond motifs is 5. The first-order chi connectivity index (χ1) is 17.7. The molecule has 0 saturated heterocycles. The Morgan fingerprint density at radius 1 is 1.30 bits per heavy atom. The number of rotatable bonds is 4. The van der Waals surface area contributed by atoms with Gasteiger partial charge in [0, 0.05) is 29.0 Å². The van der Waals surface area contributed by atoms with Crippen molar-refractivity contribution < 1.29 is 23.8 Å². The van der Waals surface area contributed by atoms with Crippen LogP contribution in [-0.4, -0.2) is 26.5 Å². The lowest BCUT2D eigenvalue weighted by atomic mass is 9.83. The molecule has 1 amide bonds. The van der Waals surface area contributed by atoms with Gasteiger partial charge in [-0.05, 0) is 42.9 Å². The maximum absolute atomic E-state index is 14.8. The van der Waals surface area contributed by atoms with Crippen molar-refractivity contribution in [3.63, 3.8) is 0 Å². The van der Waals surface area contributed by atoms with E-state index >= 15 is 0 Å². The second-order valence-corrected chi connectivity index (χ2v) is 10.3. The van der Waals surface area contributed by atoms with E-state index < -0.39 is 17.4 Å². The SMILES string of the molecule is CCCC(=O)N[C@H]1CCc2c(Cl)c(F)cc3nc4c(c1c23)Cn1c-4cc2c(c1=O)COC(=O)[C@]2(O)CC. The zero-order valence-corrected chi connectivity index (χ0v) is 21.2. The molecule has 2 atom stereocenters. The minimum Gasteiger partial charge on any atom is -0.458 e. The summed E-state index contributed by atoms with van der Waals surface area (Å²) >= 11 is 6.37. The fourth-order valence-electron chi connectivity index (χ4n) is 5.99. The summed E-state index contributed by atoms with van der Waals surface area (Å²) < 4.78 is 21.5. The van der Waals surface area contributed by atoms with Crippen LogP contribution in [0, 0.1) is 5.82 Å². The first-order valence-electron chi connectivity index (χ1n) is 12.5. The van der Waals surface area contributed by atoms with Gasteiger partial charge < -0.3 is 19.7 Å². The molecule has 4 heterocycles. The zero-order chi connectivity index (χ0) is 26.2. The number of esters is 1. The Morgan fingerprint density at radius 2 is 2.08 bits per heavy atom. The van der Waals surface area contributed by atoms with E-state index in [4.69, 9.17) is 21.3 Å². The molecule has 2 aromatic heterocycles. The molecule has 3 aliphatic rings. The second-order valence-electron chi connectivity index (χ2n) is 9.91. The summed E-state index contributed by atoms with van der Waals surface area (Å²) in [5.41, 5.74) is 1.55. The highest BCUT2D eigenvalue weighted by atomic mass is 35.5. The van der Waals surface area contributed by atoms with Crippen LogP contribution in [0.3, 0.4) is 0 Å². The molecule has 0 fully saturated rings. The number of cyclic esters (lactones) is 1. The highest BCUT2D eigenvalue weighted by Crippen LogP contribution is 2.46. The van der Waals surface area contributed by atoms with E-state index in [0.29, 0.717) is 53.5 Å². The fraction of sp³-hybridized carbons (Fsp3) is 0.407. The van der Waals surface area contributed by atoms with Gasteiger partial charge in [0.05, 0.1) is 40.1 Å². The minimum absolute atomic E-state index is 0.0313. The predicted molar refractivity (Wildman–Crippen MR) is 134 cm³/mol. The van der Waals surface area contributed by atoms with Crippen molar-refractivity contribution in [1.82, 2.24) is 14.9 Å². The molecular weight excluding hydrogens is 501 g/mol. The van der Waals surface area contributed by atoms with Crippen LogP contribution in [-0.2, 0) is 39.5 Å². The van der Waals surface area contributed by atoms with Gasteiger partial charge in [-0.2, -0.15) is 0 Å². The average Bonchev–Trinajstić information content (AvgIpc) is 3.24. The number of pyridine rings is 2. The summed E-state index contributed by atoms with van der Waals surface area (Å²) in [6, 6.07) is 2.54. The molecule has 1 aromatic carbocycles. The molecule has 6 rings (SSSR count).